The summed E-state index contributed by atoms with van der Waals surface area (Å²) < 4.78 is 10.4. The van der Waals surface area contributed by atoms with Gasteiger partial charge in [0.25, 0.3) is 0 Å². The van der Waals surface area contributed by atoms with Crippen LogP contribution in [0.3, 0.4) is 0 Å². The first-order valence-corrected chi connectivity index (χ1v) is 6.71. The van der Waals surface area contributed by atoms with Gasteiger partial charge in [-0.1, -0.05) is 24.3 Å². The third-order valence-corrected chi connectivity index (χ3v) is 3.33. The molecule has 4 heteroatoms. The van der Waals surface area contributed by atoms with Gasteiger partial charge in [0, 0.05) is 39.9 Å². The summed E-state index contributed by atoms with van der Waals surface area (Å²) in [6.45, 7) is 5.95. The van der Waals surface area contributed by atoms with Crippen molar-refractivity contribution in [2.45, 2.75) is 26.1 Å². The van der Waals surface area contributed by atoms with Crippen LogP contribution in [-0.4, -0.2) is 44.9 Å². The Morgan fingerprint density at radius 3 is 2.42 bits per heavy atom. The molecule has 0 amide bonds. The Balaban J connectivity index is 2.74. The average molecular weight is 266 g/mol. The molecule has 0 aliphatic heterocycles. The average Bonchev–Trinajstić information content (AvgIpc) is 2.44. The second-order valence-corrected chi connectivity index (χ2v) is 4.74. The predicted octanol–water partition coefficient (Wildman–Crippen LogP) is 1.63. The lowest BCUT2D eigenvalue weighted by molar-refractivity contribution is 0.0703. The topological polar surface area (TPSA) is 47.7 Å². The molecule has 1 rings (SSSR count). The normalized spacial score (nSPS) is 12.9. The van der Waals surface area contributed by atoms with E-state index in [0.29, 0.717) is 19.2 Å². The molecular weight excluding hydrogens is 240 g/mol. The van der Waals surface area contributed by atoms with Gasteiger partial charge in [-0.15, -0.1) is 0 Å². The van der Waals surface area contributed by atoms with Crippen LogP contribution in [0.25, 0.3) is 0 Å². The number of nitrogens with two attached hydrogens (primary N) is 1. The monoisotopic (exact) mass is 266 g/mol. The van der Waals surface area contributed by atoms with E-state index in [0.717, 1.165) is 19.7 Å². The molecular formula is C15H26N2O2. The van der Waals surface area contributed by atoms with Gasteiger partial charge < -0.3 is 15.2 Å². The fraction of sp³-hybridized carbons (Fsp3) is 0.600. The van der Waals surface area contributed by atoms with Gasteiger partial charge in [-0.3, -0.25) is 4.90 Å². The summed E-state index contributed by atoms with van der Waals surface area (Å²) in [7, 11) is 3.46. The smallest absolute Gasteiger partial charge is 0.0615 e. The zero-order valence-electron chi connectivity index (χ0n) is 12.3. The Kier molecular flexibility index (Phi) is 7.67. The Labute approximate surface area is 116 Å². The quantitative estimate of drug-likeness (QED) is 0.738. The van der Waals surface area contributed by atoms with Gasteiger partial charge in [-0.2, -0.15) is 0 Å². The maximum Gasteiger partial charge on any atom is 0.0615 e. The molecule has 1 atom stereocenters. The first kappa shape index (κ1) is 16.1. The minimum Gasteiger partial charge on any atom is -0.383 e. The summed E-state index contributed by atoms with van der Waals surface area (Å²) in [4.78, 5) is 2.36. The largest absolute Gasteiger partial charge is 0.383 e. The van der Waals surface area contributed by atoms with Crippen LogP contribution >= 0.6 is 0 Å². The Bertz CT molecular complexity index is 358. The van der Waals surface area contributed by atoms with Crippen LogP contribution in [0, 0.1) is 0 Å². The molecule has 0 heterocycles. The number of nitrogens with zero attached hydrogens (tertiary/aromatic N) is 1. The third-order valence-electron chi connectivity index (χ3n) is 3.33. The van der Waals surface area contributed by atoms with Gasteiger partial charge in [0.05, 0.1) is 13.2 Å². The predicted molar refractivity (Wildman–Crippen MR) is 78.0 cm³/mol. The lowest BCUT2D eigenvalue weighted by Crippen LogP contribution is -2.38. The van der Waals surface area contributed by atoms with E-state index in [4.69, 9.17) is 15.2 Å². The summed E-state index contributed by atoms with van der Waals surface area (Å²) >= 11 is 0. The van der Waals surface area contributed by atoms with Crippen molar-refractivity contribution in [1.29, 1.82) is 0 Å². The highest BCUT2D eigenvalue weighted by Gasteiger charge is 2.15. The van der Waals surface area contributed by atoms with E-state index in [2.05, 4.69) is 30.0 Å². The van der Waals surface area contributed by atoms with E-state index >= 15 is 0 Å². The molecule has 1 unspecified atom stereocenters. The molecule has 19 heavy (non-hydrogen) atoms. The summed E-state index contributed by atoms with van der Waals surface area (Å²) in [6, 6.07) is 8.67. The number of rotatable bonds is 9. The fourth-order valence-electron chi connectivity index (χ4n) is 2.14. The fourth-order valence-corrected chi connectivity index (χ4v) is 2.14. The summed E-state index contributed by atoms with van der Waals surface area (Å²) in [5, 5.41) is 0. The molecule has 0 aliphatic carbocycles. The summed E-state index contributed by atoms with van der Waals surface area (Å²) in [5.41, 5.74) is 8.28. The van der Waals surface area contributed by atoms with Crippen LogP contribution in [0.2, 0.25) is 0 Å². The molecule has 0 aliphatic rings. The lowest BCUT2D eigenvalue weighted by atomic mass is 10.1. The summed E-state index contributed by atoms with van der Waals surface area (Å²) in [5.74, 6) is 0. The van der Waals surface area contributed by atoms with E-state index in [-0.39, 0.29) is 0 Å². The molecule has 1 aromatic rings. The Morgan fingerprint density at radius 2 is 1.84 bits per heavy atom. The number of benzene rings is 1. The zero-order valence-corrected chi connectivity index (χ0v) is 12.3. The highest BCUT2D eigenvalue weighted by atomic mass is 16.5. The van der Waals surface area contributed by atoms with Crippen LogP contribution in [-0.2, 0) is 22.6 Å². The van der Waals surface area contributed by atoms with Gasteiger partial charge in [-0.25, -0.2) is 0 Å². The van der Waals surface area contributed by atoms with Crippen molar-refractivity contribution in [3.63, 3.8) is 0 Å². The number of methoxy groups -OCH3 is 2. The minimum atomic E-state index is 0.353. The van der Waals surface area contributed by atoms with Crippen molar-refractivity contribution >= 4 is 0 Å². The summed E-state index contributed by atoms with van der Waals surface area (Å²) in [6.07, 6.45) is 0. The molecule has 0 aromatic heterocycles. The van der Waals surface area contributed by atoms with Crippen LogP contribution in [0.5, 0.6) is 0 Å². The van der Waals surface area contributed by atoms with Crippen molar-refractivity contribution in [1.82, 2.24) is 4.90 Å². The van der Waals surface area contributed by atoms with E-state index in [1.165, 1.54) is 11.1 Å². The van der Waals surface area contributed by atoms with E-state index < -0.39 is 0 Å². The second kappa shape index (κ2) is 9.04. The number of hydrogen-bond donors (Lipinski definition) is 1. The van der Waals surface area contributed by atoms with E-state index in [9.17, 15) is 0 Å². The number of hydrogen-bond acceptors (Lipinski definition) is 4. The lowest BCUT2D eigenvalue weighted by Gasteiger charge is -2.29. The zero-order chi connectivity index (χ0) is 14.1. The molecule has 4 nitrogen and oxygen atoms in total. The van der Waals surface area contributed by atoms with Crippen LogP contribution < -0.4 is 5.73 Å². The van der Waals surface area contributed by atoms with Crippen molar-refractivity contribution in [3.8, 4) is 0 Å². The standard InChI is InChI=1S/C15H26N2O2/c1-13(12-19-3)17(8-9-18-2)11-15-7-5-4-6-14(15)10-16/h4-7,13H,8-12,16H2,1-3H3. The molecule has 0 fully saturated rings. The van der Waals surface area contributed by atoms with Crippen molar-refractivity contribution in [3.05, 3.63) is 35.4 Å². The van der Waals surface area contributed by atoms with E-state index in [1.54, 1.807) is 14.2 Å². The molecule has 108 valence electrons. The molecule has 0 radical (unpaired) electrons. The molecule has 0 saturated heterocycles. The van der Waals surface area contributed by atoms with Gasteiger partial charge in [-0.05, 0) is 18.1 Å². The van der Waals surface area contributed by atoms with Crippen LogP contribution in [0.4, 0.5) is 0 Å². The first-order valence-electron chi connectivity index (χ1n) is 6.71. The maximum absolute atomic E-state index is 5.79. The highest BCUT2D eigenvalue weighted by molar-refractivity contribution is 5.26. The van der Waals surface area contributed by atoms with Crippen molar-refractivity contribution in [2.24, 2.45) is 5.73 Å². The minimum absolute atomic E-state index is 0.353. The molecule has 2 N–H and O–H groups in total. The Morgan fingerprint density at radius 1 is 1.16 bits per heavy atom. The number of ether oxygens (including phenoxy) is 2. The van der Waals surface area contributed by atoms with Gasteiger partial charge in [0.15, 0.2) is 0 Å². The third kappa shape index (κ3) is 5.28. The first-order chi connectivity index (χ1) is 9.22. The van der Waals surface area contributed by atoms with Gasteiger partial charge in [0.1, 0.15) is 0 Å². The maximum atomic E-state index is 5.79. The molecule has 0 spiro atoms. The molecule has 0 saturated carbocycles. The van der Waals surface area contributed by atoms with Gasteiger partial charge in [0.2, 0.25) is 0 Å². The molecule has 1 aromatic carbocycles. The SMILES string of the molecule is COCCN(Cc1ccccc1CN)C(C)COC. The van der Waals surface area contributed by atoms with Gasteiger partial charge >= 0.3 is 0 Å². The van der Waals surface area contributed by atoms with Crippen LogP contribution in [0.15, 0.2) is 24.3 Å². The van der Waals surface area contributed by atoms with Crippen molar-refractivity contribution in [2.75, 3.05) is 34.0 Å². The highest BCUT2D eigenvalue weighted by Crippen LogP contribution is 2.13. The Hall–Kier alpha value is -0.940. The second-order valence-electron chi connectivity index (χ2n) is 4.74. The molecule has 0 bridgehead atoms. The van der Waals surface area contributed by atoms with E-state index in [1.807, 2.05) is 6.07 Å². The van der Waals surface area contributed by atoms with Crippen LogP contribution in [0.1, 0.15) is 18.1 Å². The van der Waals surface area contributed by atoms with Crippen molar-refractivity contribution < 1.29 is 9.47 Å².